The van der Waals surface area contributed by atoms with E-state index in [-0.39, 0.29) is 25.7 Å². The molecule has 0 spiro atoms. The van der Waals surface area contributed by atoms with Crippen LogP contribution in [0.2, 0.25) is 0 Å². The Hall–Kier alpha value is -6.36. The van der Waals surface area contributed by atoms with Crippen molar-refractivity contribution < 1.29 is 80.2 Å². The molecule has 0 aliphatic rings. The number of carbonyl (C=O) groups is 4. The maximum absolute atomic E-state index is 13.1. The lowest BCUT2D eigenvalue weighted by Crippen LogP contribution is -2.30. The third-order valence-corrected chi connectivity index (χ3v) is 17.2. The molecule has 0 bridgehead atoms. The number of carbonyl (C=O) groups excluding carboxylic acids is 4. The molecule has 0 aliphatic heterocycles. The van der Waals surface area contributed by atoms with Crippen LogP contribution in [0.3, 0.4) is 0 Å². The number of hydrogen-bond donors (Lipinski definition) is 3. The molecule has 0 fully saturated rings. The van der Waals surface area contributed by atoms with E-state index in [1.165, 1.54) is 0 Å². The summed E-state index contributed by atoms with van der Waals surface area (Å²) in [6, 6.07) is 0. The van der Waals surface area contributed by atoms with Gasteiger partial charge >= 0.3 is 39.5 Å². The number of esters is 4. The van der Waals surface area contributed by atoms with Crippen molar-refractivity contribution in [1.29, 1.82) is 0 Å². The van der Waals surface area contributed by atoms with Crippen molar-refractivity contribution in [1.82, 2.24) is 0 Å². The molecule has 17 nitrogen and oxygen atoms in total. The summed E-state index contributed by atoms with van der Waals surface area (Å²) < 4.78 is 68.4. The minimum atomic E-state index is -5.02. The lowest BCUT2D eigenvalue weighted by molar-refractivity contribution is -0.161. The first-order valence-corrected chi connectivity index (χ1v) is 42.3. The predicted molar refractivity (Wildman–Crippen MR) is 435 cm³/mol. The molecule has 0 aromatic carbocycles. The van der Waals surface area contributed by atoms with E-state index < -0.39 is 97.5 Å². The third-order valence-electron chi connectivity index (χ3n) is 15.3. The highest BCUT2D eigenvalue weighted by Crippen LogP contribution is 2.45. The summed E-state index contributed by atoms with van der Waals surface area (Å²) in [6.45, 7) is 4.15. The quantitative estimate of drug-likeness (QED) is 0.0169. The Morgan fingerprint density at radius 3 is 0.830 bits per heavy atom. The summed E-state index contributed by atoms with van der Waals surface area (Å²) in [5.74, 6) is -2.48. The molecule has 0 amide bonds. The fourth-order valence-corrected chi connectivity index (χ4v) is 11.0. The van der Waals surface area contributed by atoms with E-state index in [4.69, 9.17) is 37.0 Å². The number of hydrogen-bond acceptors (Lipinski definition) is 15. The molecule has 0 saturated heterocycles. The van der Waals surface area contributed by atoms with Gasteiger partial charge in [0.05, 0.1) is 32.8 Å². The third kappa shape index (κ3) is 75.9. The fraction of sp³-hybridized carbons (Fsp3) is 0.563. The Kier molecular flexibility index (Phi) is 72.2. The van der Waals surface area contributed by atoms with Crippen LogP contribution in [0.4, 0.5) is 0 Å². The summed E-state index contributed by atoms with van der Waals surface area (Å²) in [5.41, 5.74) is 0. The zero-order valence-corrected chi connectivity index (χ0v) is 66.8. The largest absolute Gasteiger partial charge is 0.472 e. The highest BCUT2D eigenvalue weighted by atomic mass is 31.2. The van der Waals surface area contributed by atoms with Crippen molar-refractivity contribution in [2.75, 3.05) is 39.6 Å². The zero-order chi connectivity index (χ0) is 77.4. The first-order valence-electron chi connectivity index (χ1n) is 39.3. The van der Waals surface area contributed by atoms with Crippen molar-refractivity contribution in [3.05, 3.63) is 207 Å². The number of phosphoric acid groups is 2. The molecule has 0 aliphatic carbocycles. The van der Waals surface area contributed by atoms with E-state index in [2.05, 4.69) is 192 Å². The van der Waals surface area contributed by atoms with Gasteiger partial charge in [0.25, 0.3) is 0 Å². The van der Waals surface area contributed by atoms with Gasteiger partial charge in [-0.25, -0.2) is 9.13 Å². The standard InChI is InChI=1S/C87H136O17P2/c1-5-9-13-17-21-25-29-33-37-39-40-42-45-48-52-56-60-64-68-72-85(90)98-78-83(104-87(92)74-70-66-62-58-54-50-46-41-38-34-30-26-22-18-14-10-6-2)80-102-106(95,96)100-76-81(88)75-99-105(93,94)101-79-82(103-86(91)73-69-65-61-57-53-49-44-36-32-28-24-20-16-12-8-4)77-97-84(89)71-67-63-59-55-51-47-43-35-31-27-23-19-15-11-7-3/h9-16,21-28,33-38,40,42-44,48,51-52,55,60,63-64,67,81-83,88H,5-8,17-20,29-32,39,41,45-47,49-50,53-54,56-59,61-62,65-66,68-80H2,1-4H3,(H,93,94)(H,95,96)/b13-9-,14-10-,15-11-,16-12-,25-21-,26-22-,27-23-,28-24-,37-33-,38-34-,42-40-,43-35-,44-36-,52-48-,55-51-,64-60-,67-63-. The first kappa shape index (κ1) is 99.6. The van der Waals surface area contributed by atoms with Crippen LogP contribution in [0.5, 0.6) is 0 Å². The zero-order valence-electron chi connectivity index (χ0n) is 65.0. The Bertz CT molecular complexity index is 2830. The monoisotopic (exact) mass is 1510 g/mol. The Morgan fingerprint density at radius 2 is 0.519 bits per heavy atom. The smallest absolute Gasteiger partial charge is 0.462 e. The van der Waals surface area contributed by atoms with Gasteiger partial charge in [0.2, 0.25) is 0 Å². The van der Waals surface area contributed by atoms with Gasteiger partial charge in [-0.2, -0.15) is 0 Å². The molecular formula is C87H136O17P2. The molecule has 0 aromatic heterocycles. The Morgan fingerprint density at radius 1 is 0.274 bits per heavy atom. The van der Waals surface area contributed by atoms with Crippen molar-refractivity contribution in [3.8, 4) is 0 Å². The average molecular weight is 1520 g/mol. The minimum Gasteiger partial charge on any atom is -0.462 e. The SMILES string of the molecule is CC/C=C\C/C=C\C/C=C\C/C=C\C/C=C\C/C=C\CCC(=O)OCC(COP(=O)(O)OCC(O)COP(=O)(O)OCC(COC(=O)C/C=C\C/C=C\C/C=C\C/C=C\C/C=C\CC)OC(=O)CCCCCCC/C=C\C/C=C\C/C=C\CC)OC(=O)CCCCCCCCC/C=C\C/C=C\C/C=C\CC. The van der Waals surface area contributed by atoms with Gasteiger partial charge < -0.3 is 33.8 Å². The summed E-state index contributed by atoms with van der Waals surface area (Å²) in [7, 11) is -10.0. The molecule has 106 heavy (non-hydrogen) atoms. The Balaban J connectivity index is 5.54. The van der Waals surface area contributed by atoms with Crippen molar-refractivity contribution in [3.63, 3.8) is 0 Å². The number of aliphatic hydroxyl groups excluding tert-OH is 1. The van der Waals surface area contributed by atoms with Crippen molar-refractivity contribution in [2.24, 2.45) is 0 Å². The van der Waals surface area contributed by atoms with E-state index in [0.29, 0.717) is 32.1 Å². The molecule has 596 valence electrons. The average Bonchev–Trinajstić information content (AvgIpc) is 0.902. The highest BCUT2D eigenvalue weighted by molar-refractivity contribution is 7.47. The van der Waals surface area contributed by atoms with E-state index in [0.717, 1.165) is 173 Å². The highest BCUT2D eigenvalue weighted by Gasteiger charge is 2.30. The van der Waals surface area contributed by atoms with Gasteiger partial charge in [-0.1, -0.05) is 286 Å². The van der Waals surface area contributed by atoms with Gasteiger partial charge in [0.1, 0.15) is 19.3 Å². The van der Waals surface area contributed by atoms with E-state index in [1.807, 2.05) is 36.5 Å². The minimum absolute atomic E-state index is 0.0233. The van der Waals surface area contributed by atoms with Crippen LogP contribution in [-0.2, 0) is 65.4 Å². The second-order valence-electron chi connectivity index (χ2n) is 25.1. The van der Waals surface area contributed by atoms with Crippen LogP contribution in [0.1, 0.15) is 259 Å². The molecule has 0 saturated carbocycles. The molecule has 5 unspecified atom stereocenters. The molecule has 19 heteroatoms. The number of unbranched alkanes of at least 4 members (excludes halogenated alkanes) is 12. The van der Waals surface area contributed by atoms with Crippen LogP contribution < -0.4 is 0 Å². The van der Waals surface area contributed by atoms with Gasteiger partial charge in [-0.15, -0.1) is 0 Å². The lowest BCUT2D eigenvalue weighted by Gasteiger charge is -2.21. The van der Waals surface area contributed by atoms with Gasteiger partial charge in [-0.05, 0) is 154 Å². The molecule has 0 aromatic rings. The molecule has 5 atom stereocenters. The molecule has 0 heterocycles. The van der Waals surface area contributed by atoms with Crippen molar-refractivity contribution in [2.45, 2.75) is 277 Å². The van der Waals surface area contributed by atoms with Gasteiger partial charge in [0.15, 0.2) is 12.2 Å². The number of aliphatic hydroxyl groups is 1. The second-order valence-corrected chi connectivity index (χ2v) is 28.0. The van der Waals surface area contributed by atoms with Crippen LogP contribution in [0.15, 0.2) is 207 Å². The summed E-state index contributed by atoms with van der Waals surface area (Å²) in [4.78, 5) is 72.9. The number of phosphoric ester groups is 2. The van der Waals surface area contributed by atoms with Crippen molar-refractivity contribution >= 4 is 39.5 Å². The van der Waals surface area contributed by atoms with Crippen LogP contribution in [-0.4, -0.2) is 96.7 Å². The van der Waals surface area contributed by atoms with Gasteiger partial charge in [-0.3, -0.25) is 37.3 Å². The number of rotatable bonds is 71. The molecule has 3 N–H and O–H groups in total. The number of allylic oxidation sites excluding steroid dienone is 33. The van der Waals surface area contributed by atoms with Crippen LogP contribution in [0.25, 0.3) is 0 Å². The first-order chi connectivity index (χ1) is 51.7. The maximum atomic E-state index is 13.1. The normalized spacial score (nSPS) is 15.0. The fourth-order valence-electron chi connectivity index (χ4n) is 9.46. The molecule has 0 rings (SSSR count). The second kappa shape index (κ2) is 76.8. The summed E-state index contributed by atoms with van der Waals surface area (Å²) >= 11 is 0. The van der Waals surface area contributed by atoms with E-state index in [1.54, 1.807) is 6.08 Å². The molecule has 0 radical (unpaired) electrons. The van der Waals surface area contributed by atoms with Crippen LogP contribution in [0, 0.1) is 0 Å². The Labute approximate surface area is 639 Å². The predicted octanol–water partition coefficient (Wildman–Crippen LogP) is 23.1. The summed E-state index contributed by atoms with van der Waals surface area (Å²) in [6.07, 6.45) is 95.7. The maximum Gasteiger partial charge on any atom is 0.472 e. The molecular weight excluding hydrogens is 1380 g/mol. The summed E-state index contributed by atoms with van der Waals surface area (Å²) in [5, 5.41) is 10.6. The van der Waals surface area contributed by atoms with E-state index >= 15 is 0 Å². The number of ether oxygens (including phenoxy) is 4. The van der Waals surface area contributed by atoms with Crippen LogP contribution >= 0.6 is 15.6 Å². The van der Waals surface area contributed by atoms with Gasteiger partial charge in [0, 0.05) is 19.3 Å². The lowest BCUT2D eigenvalue weighted by atomic mass is 10.1. The topological polar surface area (TPSA) is 237 Å². The van der Waals surface area contributed by atoms with E-state index in [9.17, 15) is 43.2 Å².